The highest BCUT2D eigenvalue weighted by Crippen LogP contribution is 2.32. The molecule has 25 heavy (non-hydrogen) atoms. The molecule has 0 atom stereocenters. The van der Waals surface area contributed by atoms with Crippen molar-refractivity contribution in [2.75, 3.05) is 0 Å². The average molecular weight is 349 g/mol. The first-order chi connectivity index (χ1) is 12.1. The lowest BCUT2D eigenvalue weighted by Gasteiger charge is -2.11. The summed E-state index contributed by atoms with van der Waals surface area (Å²) in [6, 6.07) is 12.3. The van der Waals surface area contributed by atoms with E-state index in [1.54, 1.807) is 4.68 Å². The maximum atomic E-state index is 9.56. The monoisotopic (exact) mass is 349 g/mol. The number of pyridine rings is 1. The molecule has 0 aliphatic carbocycles. The molecule has 0 fully saturated rings. The van der Waals surface area contributed by atoms with Gasteiger partial charge in [0.05, 0.1) is 27.7 Å². The zero-order valence-corrected chi connectivity index (χ0v) is 14.8. The van der Waals surface area contributed by atoms with Gasteiger partial charge in [0.25, 0.3) is 0 Å². The lowest BCUT2D eigenvalue weighted by Crippen LogP contribution is -2.05. The van der Waals surface area contributed by atoms with E-state index in [9.17, 15) is 5.26 Å². The van der Waals surface area contributed by atoms with Crippen LogP contribution in [-0.2, 0) is 0 Å². The van der Waals surface area contributed by atoms with Crippen LogP contribution >= 0.6 is 11.8 Å². The maximum Gasteiger partial charge on any atom is 0.215 e. The molecule has 0 spiro atoms. The van der Waals surface area contributed by atoms with Gasteiger partial charge in [0.1, 0.15) is 6.07 Å². The van der Waals surface area contributed by atoms with Crippen molar-refractivity contribution in [1.82, 2.24) is 29.6 Å². The fourth-order valence-corrected chi connectivity index (χ4v) is 3.92. The van der Waals surface area contributed by atoms with Crippen LogP contribution in [0.15, 0.2) is 40.5 Å². The number of tetrazole rings is 1. The molecule has 0 amide bonds. The van der Waals surface area contributed by atoms with E-state index in [0.29, 0.717) is 16.4 Å². The van der Waals surface area contributed by atoms with Crippen molar-refractivity contribution >= 4 is 28.4 Å². The van der Waals surface area contributed by atoms with Gasteiger partial charge >= 0.3 is 0 Å². The van der Waals surface area contributed by atoms with Crippen molar-refractivity contribution in [3.63, 3.8) is 0 Å². The number of nitriles is 1. The van der Waals surface area contributed by atoms with E-state index in [4.69, 9.17) is 0 Å². The predicted octanol–water partition coefficient (Wildman–Crippen LogP) is 3.39. The zero-order valence-electron chi connectivity index (χ0n) is 14.0. The van der Waals surface area contributed by atoms with Crippen LogP contribution in [0.25, 0.3) is 16.7 Å². The van der Waals surface area contributed by atoms with Gasteiger partial charge in [0.15, 0.2) is 5.65 Å². The Hall–Kier alpha value is -2.92. The molecule has 0 saturated heterocycles. The third kappa shape index (κ3) is 2.44. The molecule has 0 bridgehead atoms. The van der Waals surface area contributed by atoms with Crippen molar-refractivity contribution in [3.8, 4) is 6.07 Å². The molecule has 0 saturated carbocycles. The highest BCUT2D eigenvalue weighted by Gasteiger charge is 2.18. The van der Waals surface area contributed by atoms with Crippen molar-refractivity contribution in [2.24, 2.45) is 0 Å². The summed E-state index contributed by atoms with van der Waals surface area (Å²) in [6.07, 6.45) is 0. The molecule has 0 radical (unpaired) electrons. The highest BCUT2D eigenvalue weighted by atomic mass is 32.2. The van der Waals surface area contributed by atoms with Crippen LogP contribution in [0.2, 0.25) is 0 Å². The SMILES string of the molecule is Cc1cc(Sc2nnnn2C(C)C)n2c(nc3ccccc32)c1C#N. The number of hydrogen-bond donors (Lipinski definition) is 0. The van der Waals surface area contributed by atoms with E-state index in [2.05, 4.69) is 26.6 Å². The molecule has 1 aromatic carbocycles. The van der Waals surface area contributed by atoms with Gasteiger partial charge in [-0.2, -0.15) is 5.26 Å². The number of nitrogens with zero attached hydrogens (tertiary/aromatic N) is 7. The summed E-state index contributed by atoms with van der Waals surface area (Å²) in [4.78, 5) is 4.66. The fraction of sp³-hybridized carbons (Fsp3) is 0.235. The minimum atomic E-state index is 0.159. The van der Waals surface area contributed by atoms with Gasteiger partial charge in [0, 0.05) is 0 Å². The Kier molecular flexibility index (Phi) is 3.66. The Morgan fingerprint density at radius 1 is 1.24 bits per heavy atom. The molecule has 0 N–H and O–H groups in total. The number of aryl methyl sites for hydroxylation is 1. The summed E-state index contributed by atoms with van der Waals surface area (Å²) in [5, 5.41) is 23.2. The number of aromatic nitrogens is 6. The van der Waals surface area contributed by atoms with Crippen LogP contribution in [0.3, 0.4) is 0 Å². The van der Waals surface area contributed by atoms with E-state index in [-0.39, 0.29) is 6.04 Å². The average Bonchev–Trinajstić information content (AvgIpc) is 3.19. The number of hydrogen-bond acceptors (Lipinski definition) is 6. The molecular formula is C17H15N7S. The summed E-state index contributed by atoms with van der Waals surface area (Å²) in [7, 11) is 0. The quantitative estimate of drug-likeness (QED) is 0.564. The first-order valence-electron chi connectivity index (χ1n) is 7.86. The molecular weight excluding hydrogens is 334 g/mol. The summed E-state index contributed by atoms with van der Waals surface area (Å²) in [5.41, 5.74) is 3.95. The van der Waals surface area contributed by atoms with E-state index >= 15 is 0 Å². The topological polar surface area (TPSA) is 84.7 Å². The number of imidazole rings is 1. The van der Waals surface area contributed by atoms with Crippen LogP contribution in [0.4, 0.5) is 0 Å². The normalized spacial score (nSPS) is 11.5. The summed E-state index contributed by atoms with van der Waals surface area (Å²) >= 11 is 1.47. The van der Waals surface area contributed by atoms with Crippen LogP contribution < -0.4 is 0 Å². The molecule has 0 aliphatic heterocycles. The van der Waals surface area contributed by atoms with Gasteiger partial charge in [-0.05, 0) is 66.7 Å². The zero-order chi connectivity index (χ0) is 17.6. The second kappa shape index (κ2) is 5.86. The summed E-state index contributed by atoms with van der Waals surface area (Å²) < 4.78 is 3.79. The Balaban J connectivity index is 2.00. The van der Waals surface area contributed by atoms with Crippen molar-refractivity contribution < 1.29 is 0 Å². The van der Waals surface area contributed by atoms with Crippen LogP contribution in [0.5, 0.6) is 0 Å². The lowest BCUT2D eigenvalue weighted by molar-refractivity contribution is 0.477. The van der Waals surface area contributed by atoms with Gasteiger partial charge in [-0.1, -0.05) is 12.1 Å². The van der Waals surface area contributed by atoms with Crippen molar-refractivity contribution in [3.05, 3.63) is 41.5 Å². The maximum absolute atomic E-state index is 9.56. The molecule has 8 heteroatoms. The van der Waals surface area contributed by atoms with Gasteiger partial charge in [-0.15, -0.1) is 5.10 Å². The lowest BCUT2D eigenvalue weighted by atomic mass is 10.2. The smallest absolute Gasteiger partial charge is 0.215 e. The largest absolute Gasteiger partial charge is 0.285 e. The first-order valence-corrected chi connectivity index (χ1v) is 8.68. The highest BCUT2D eigenvalue weighted by molar-refractivity contribution is 7.99. The minimum absolute atomic E-state index is 0.159. The number of benzene rings is 1. The second-order valence-electron chi connectivity index (χ2n) is 6.01. The molecule has 3 heterocycles. The van der Waals surface area contributed by atoms with Gasteiger partial charge in [-0.3, -0.25) is 4.40 Å². The van der Waals surface area contributed by atoms with E-state index in [1.165, 1.54) is 11.8 Å². The van der Waals surface area contributed by atoms with Gasteiger partial charge in [0.2, 0.25) is 5.16 Å². The third-order valence-electron chi connectivity index (χ3n) is 4.00. The van der Waals surface area contributed by atoms with Crippen molar-refractivity contribution in [2.45, 2.75) is 37.0 Å². The fourth-order valence-electron chi connectivity index (χ4n) is 2.80. The predicted molar refractivity (Wildman–Crippen MR) is 94.5 cm³/mol. The first kappa shape index (κ1) is 15.6. The molecule has 0 aliphatic rings. The molecule has 3 aromatic heterocycles. The Morgan fingerprint density at radius 2 is 2.04 bits per heavy atom. The van der Waals surface area contributed by atoms with Crippen LogP contribution in [-0.4, -0.2) is 29.6 Å². The summed E-state index contributed by atoms with van der Waals surface area (Å²) in [5.74, 6) is 0. The van der Waals surface area contributed by atoms with Crippen LogP contribution in [0.1, 0.15) is 31.0 Å². The van der Waals surface area contributed by atoms with E-state index in [1.807, 2.05) is 55.5 Å². The van der Waals surface area contributed by atoms with Crippen LogP contribution in [0, 0.1) is 18.3 Å². The van der Waals surface area contributed by atoms with E-state index < -0.39 is 0 Å². The summed E-state index contributed by atoms with van der Waals surface area (Å²) in [6.45, 7) is 5.99. The minimum Gasteiger partial charge on any atom is -0.285 e. The Bertz CT molecular complexity index is 1130. The van der Waals surface area contributed by atoms with Gasteiger partial charge < -0.3 is 0 Å². The Labute approximate surface area is 148 Å². The molecule has 4 rings (SSSR count). The molecule has 4 aromatic rings. The third-order valence-corrected chi connectivity index (χ3v) is 4.96. The number of para-hydroxylation sites is 2. The van der Waals surface area contributed by atoms with E-state index in [0.717, 1.165) is 21.6 Å². The number of fused-ring (bicyclic) bond motifs is 3. The number of rotatable bonds is 3. The molecule has 7 nitrogen and oxygen atoms in total. The molecule has 124 valence electrons. The van der Waals surface area contributed by atoms with Gasteiger partial charge in [-0.25, -0.2) is 9.67 Å². The van der Waals surface area contributed by atoms with Crippen molar-refractivity contribution in [1.29, 1.82) is 5.26 Å². The Morgan fingerprint density at radius 3 is 2.80 bits per heavy atom. The second-order valence-corrected chi connectivity index (χ2v) is 7.00. The molecule has 0 unspecified atom stereocenters. The standard InChI is InChI=1S/C17H15N7S/c1-10(2)24-17(20-21-22-24)25-15-8-11(3)12(9-18)16-19-13-6-4-5-7-14(13)23(15)16/h4-8,10H,1-3H3.